The SMILES string of the molecule is FC(F)(F)O[I]c1cccc(Br)c1. The zero-order valence-corrected chi connectivity index (χ0v) is 9.85. The van der Waals surface area contributed by atoms with Crippen molar-refractivity contribution in [2.75, 3.05) is 0 Å². The number of benzene rings is 1. The fraction of sp³-hybridized carbons (Fsp3) is 0.143. The molecule has 0 heterocycles. The van der Waals surface area contributed by atoms with Crippen molar-refractivity contribution in [2.45, 2.75) is 6.36 Å². The van der Waals surface area contributed by atoms with Crippen LogP contribution < -0.4 is 0 Å². The minimum absolute atomic E-state index is 0.588. The highest BCUT2D eigenvalue weighted by Gasteiger charge is 2.30. The molecule has 13 heavy (non-hydrogen) atoms. The van der Waals surface area contributed by atoms with Gasteiger partial charge in [-0.05, 0) is 18.2 Å². The molecule has 73 valence electrons. The van der Waals surface area contributed by atoms with Gasteiger partial charge in [0.1, 0.15) is 0 Å². The number of halogens is 5. The Bertz CT molecular complexity index is 289. The Morgan fingerprint density at radius 2 is 2.00 bits per heavy atom. The van der Waals surface area contributed by atoms with E-state index in [0.29, 0.717) is 3.57 Å². The summed E-state index contributed by atoms with van der Waals surface area (Å²) in [6, 6.07) is 6.67. The van der Waals surface area contributed by atoms with Gasteiger partial charge in [0.25, 0.3) is 0 Å². The summed E-state index contributed by atoms with van der Waals surface area (Å²) in [6.45, 7) is 0. The second kappa shape index (κ2) is 4.61. The van der Waals surface area contributed by atoms with Gasteiger partial charge in [0.15, 0.2) is 0 Å². The summed E-state index contributed by atoms with van der Waals surface area (Å²) in [5.74, 6) is 0. The Balaban J connectivity index is 2.55. The van der Waals surface area contributed by atoms with E-state index in [1.807, 2.05) is 0 Å². The Morgan fingerprint density at radius 1 is 1.31 bits per heavy atom. The smallest absolute Gasteiger partial charge is 0.228 e. The molecule has 0 amide bonds. The Morgan fingerprint density at radius 3 is 2.54 bits per heavy atom. The summed E-state index contributed by atoms with van der Waals surface area (Å²) >= 11 is 1.73. The van der Waals surface area contributed by atoms with Gasteiger partial charge in [0.05, 0.1) is 21.6 Å². The average molecular weight is 368 g/mol. The maximum Gasteiger partial charge on any atom is 0.531 e. The lowest BCUT2D eigenvalue weighted by molar-refractivity contribution is -0.254. The fourth-order valence-electron chi connectivity index (χ4n) is 0.596. The molecule has 0 aliphatic carbocycles. The molecule has 1 nitrogen and oxygen atoms in total. The van der Waals surface area contributed by atoms with Crippen LogP contribution in [0.25, 0.3) is 0 Å². The van der Waals surface area contributed by atoms with E-state index in [2.05, 4.69) is 19.0 Å². The first-order chi connectivity index (χ1) is 5.97. The van der Waals surface area contributed by atoms with E-state index >= 15 is 0 Å². The predicted octanol–water partition coefficient (Wildman–Crippen LogP) is 4.04. The van der Waals surface area contributed by atoms with Crippen molar-refractivity contribution in [1.29, 1.82) is 0 Å². The Hall–Kier alpha value is 0.180. The molecule has 0 aromatic heterocycles. The quantitative estimate of drug-likeness (QED) is 0.717. The molecule has 0 spiro atoms. The molecule has 6 heteroatoms. The first-order valence-corrected chi connectivity index (χ1v) is 5.88. The highest BCUT2D eigenvalue weighted by molar-refractivity contribution is 14.2. The van der Waals surface area contributed by atoms with Crippen LogP contribution in [0.15, 0.2) is 28.7 Å². The zero-order chi connectivity index (χ0) is 9.90. The van der Waals surface area contributed by atoms with Gasteiger partial charge in [-0.2, -0.15) is 0 Å². The molecule has 0 atom stereocenters. The molecule has 1 aromatic rings. The summed E-state index contributed by atoms with van der Waals surface area (Å²) in [5.41, 5.74) is 0. The van der Waals surface area contributed by atoms with Gasteiger partial charge in [-0.25, -0.2) is 3.07 Å². The second-order valence-electron chi connectivity index (χ2n) is 2.04. The minimum Gasteiger partial charge on any atom is -0.228 e. The van der Waals surface area contributed by atoms with E-state index < -0.39 is 28.0 Å². The summed E-state index contributed by atoms with van der Waals surface area (Å²) in [7, 11) is 0. The molecule has 1 rings (SSSR count). The van der Waals surface area contributed by atoms with Crippen molar-refractivity contribution >= 4 is 37.5 Å². The number of hydrogen-bond donors (Lipinski definition) is 0. The number of rotatable bonds is 2. The summed E-state index contributed by atoms with van der Waals surface area (Å²) in [4.78, 5) is 0. The van der Waals surface area contributed by atoms with Gasteiger partial charge in [-0.3, -0.25) is 0 Å². The third-order valence-electron chi connectivity index (χ3n) is 1.00. The van der Waals surface area contributed by atoms with Crippen molar-refractivity contribution in [1.82, 2.24) is 0 Å². The van der Waals surface area contributed by atoms with Gasteiger partial charge < -0.3 is 0 Å². The maximum absolute atomic E-state index is 11.6. The number of alkyl halides is 3. The number of hydrogen-bond acceptors (Lipinski definition) is 1. The van der Waals surface area contributed by atoms with E-state index in [-0.39, 0.29) is 0 Å². The van der Waals surface area contributed by atoms with Crippen LogP contribution in [0.3, 0.4) is 0 Å². The molecule has 0 aliphatic rings. The van der Waals surface area contributed by atoms with Crippen LogP contribution in [-0.4, -0.2) is 6.36 Å². The molecule has 0 bridgehead atoms. The van der Waals surface area contributed by atoms with Crippen LogP contribution in [0.1, 0.15) is 0 Å². The van der Waals surface area contributed by atoms with Crippen LogP contribution >= 0.6 is 37.5 Å². The highest BCUT2D eigenvalue weighted by Crippen LogP contribution is 2.33. The van der Waals surface area contributed by atoms with Crippen molar-refractivity contribution in [3.63, 3.8) is 0 Å². The molecular formula is C7H4BrF3IO. The lowest BCUT2D eigenvalue weighted by atomic mass is 10.4. The van der Waals surface area contributed by atoms with Gasteiger partial charge in [0.2, 0.25) is 0 Å². The lowest BCUT2D eigenvalue weighted by Crippen LogP contribution is -2.06. The van der Waals surface area contributed by atoms with Crippen LogP contribution in [-0.2, 0) is 3.07 Å². The molecule has 0 aliphatic heterocycles. The van der Waals surface area contributed by atoms with E-state index in [4.69, 9.17) is 0 Å². The fourth-order valence-corrected chi connectivity index (χ4v) is 2.74. The van der Waals surface area contributed by atoms with Crippen LogP contribution in [0, 0.1) is 3.57 Å². The average Bonchev–Trinajstić information content (AvgIpc) is 2.00. The lowest BCUT2D eigenvalue weighted by Gasteiger charge is -2.05. The van der Waals surface area contributed by atoms with E-state index in [1.165, 1.54) is 0 Å². The summed E-state index contributed by atoms with van der Waals surface area (Å²) < 4.78 is 40.0. The first-order valence-electron chi connectivity index (χ1n) is 3.12. The predicted molar refractivity (Wildman–Crippen MR) is 54.0 cm³/mol. The van der Waals surface area contributed by atoms with Crippen molar-refractivity contribution in [2.24, 2.45) is 0 Å². The standard InChI is InChI=1S/C7H4BrF3IO/c8-5-2-1-3-6(4-5)12-13-7(9,10)11/h1-4H. The van der Waals surface area contributed by atoms with E-state index in [1.54, 1.807) is 24.3 Å². The van der Waals surface area contributed by atoms with Crippen LogP contribution in [0.4, 0.5) is 13.2 Å². The second-order valence-corrected chi connectivity index (χ2v) is 5.08. The summed E-state index contributed by atoms with van der Waals surface area (Å²) in [5, 5.41) is 0. The first kappa shape index (κ1) is 11.3. The monoisotopic (exact) mass is 367 g/mol. The van der Waals surface area contributed by atoms with Crippen molar-refractivity contribution in [3.8, 4) is 0 Å². The highest BCUT2D eigenvalue weighted by atomic mass is 127. The van der Waals surface area contributed by atoms with Gasteiger partial charge in [-0.15, -0.1) is 13.2 Å². The molecule has 0 unspecified atom stereocenters. The third-order valence-corrected chi connectivity index (χ3v) is 3.39. The molecule has 1 aromatic carbocycles. The molecule has 0 saturated heterocycles. The maximum atomic E-state index is 11.6. The normalized spacial score (nSPS) is 11.7. The van der Waals surface area contributed by atoms with Crippen LogP contribution in [0.2, 0.25) is 0 Å². The Kier molecular flexibility index (Phi) is 3.99. The molecule has 0 fully saturated rings. The molecular weight excluding hydrogens is 364 g/mol. The topological polar surface area (TPSA) is 9.23 Å². The molecule has 1 radical (unpaired) electrons. The minimum atomic E-state index is -4.52. The Labute approximate surface area is 92.2 Å². The van der Waals surface area contributed by atoms with Crippen molar-refractivity contribution < 1.29 is 16.2 Å². The van der Waals surface area contributed by atoms with Crippen LogP contribution in [0.5, 0.6) is 0 Å². The van der Waals surface area contributed by atoms with Crippen molar-refractivity contribution in [3.05, 3.63) is 32.3 Å². The van der Waals surface area contributed by atoms with Gasteiger partial charge in [0, 0.05) is 8.04 Å². The van der Waals surface area contributed by atoms with E-state index in [0.717, 1.165) is 4.47 Å². The van der Waals surface area contributed by atoms with E-state index in [9.17, 15) is 13.2 Å². The molecule has 0 N–H and O–H groups in total. The zero-order valence-electron chi connectivity index (χ0n) is 6.11. The van der Waals surface area contributed by atoms with Gasteiger partial charge >= 0.3 is 6.36 Å². The summed E-state index contributed by atoms with van der Waals surface area (Å²) in [6.07, 6.45) is -4.52. The van der Waals surface area contributed by atoms with Gasteiger partial charge in [-0.1, -0.05) is 22.0 Å². The molecule has 0 saturated carbocycles. The third kappa shape index (κ3) is 4.82. The largest absolute Gasteiger partial charge is 0.531 e.